The summed E-state index contributed by atoms with van der Waals surface area (Å²) < 4.78 is 5.86. The molecule has 1 atom stereocenters. The van der Waals surface area contributed by atoms with Crippen LogP contribution in [0.3, 0.4) is 0 Å². The van der Waals surface area contributed by atoms with Gasteiger partial charge < -0.3 is 14.8 Å². The summed E-state index contributed by atoms with van der Waals surface area (Å²) >= 11 is 0. The van der Waals surface area contributed by atoms with Crippen molar-refractivity contribution in [2.45, 2.75) is 45.0 Å². The van der Waals surface area contributed by atoms with E-state index in [1.807, 2.05) is 36.4 Å². The summed E-state index contributed by atoms with van der Waals surface area (Å²) in [6.07, 6.45) is 9.60. The van der Waals surface area contributed by atoms with E-state index < -0.39 is 7.12 Å². The topological polar surface area (TPSA) is 62.6 Å². The predicted octanol–water partition coefficient (Wildman–Crippen LogP) is 5.27. The number of aromatic hydroxyl groups is 1. The van der Waals surface area contributed by atoms with Crippen LogP contribution in [0, 0.1) is 0 Å². The Morgan fingerprint density at radius 1 is 1.28 bits per heavy atom. The molecular formula is C24H28BNO3. The lowest BCUT2D eigenvalue weighted by Gasteiger charge is -2.28. The highest BCUT2D eigenvalue weighted by Crippen LogP contribution is 2.31. The van der Waals surface area contributed by atoms with Crippen LogP contribution in [-0.4, -0.2) is 28.3 Å². The number of hydrogen-bond acceptors (Lipinski definition) is 4. The number of nitrogens with zero attached hydrogens (tertiary/aromatic N) is 1. The maximum atomic E-state index is 10.0. The highest BCUT2D eigenvalue weighted by molar-refractivity contribution is 6.43. The van der Waals surface area contributed by atoms with Crippen molar-refractivity contribution in [3.05, 3.63) is 83.7 Å². The van der Waals surface area contributed by atoms with Crippen LogP contribution >= 0.6 is 0 Å². The molecule has 1 unspecified atom stereocenters. The summed E-state index contributed by atoms with van der Waals surface area (Å²) in [5.74, 6) is 0.235. The Bertz CT molecular complexity index is 892. The van der Waals surface area contributed by atoms with E-state index in [0.717, 1.165) is 47.2 Å². The fraction of sp³-hybridized carbons (Fsp3) is 0.292. The van der Waals surface area contributed by atoms with E-state index >= 15 is 0 Å². The molecule has 4 nitrogen and oxygen atoms in total. The Kier molecular flexibility index (Phi) is 7.45. The van der Waals surface area contributed by atoms with Crippen molar-refractivity contribution < 1.29 is 14.8 Å². The SMILES string of the molecule is C=C(CCC)C1=CCB(O)OC1CC/C(=C/c1cccc(O)c1)c1ccccn1. The van der Waals surface area contributed by atoms with E-state index in [1.54, 1.807) is 18.3 Å². The Morgan fingerprint density at radius 3 is 2.86 bits per heavy atom. The van der Waals surface area contributed by atoms with Crippen LogP contribution in [0.2, 0.25) is 6.32 Å². The van der Waals surface area contributed by atoms with E-state index in [4.69, 9.17) is 4.65 Å². The van der Waals surface area contributed by atoms with Crippen LogP contribution in [0.5, 0.6) is 5.75 Å². The molecule has 2 N–H and O–H groups in total. The van der Waals surface area contributed by atoms with Gasteiger partial charge in [0.05, 0.1) is 11.8 Å². The van der Waals surface area contributed by atoms with Crippen molar-refractivity contribution in [3.63, 3.8) is 0 Å². The zero-order valence-electron chi connectivity index (χ0n) is 16.9. The Balaban J connectivity index is 1.83. The van der Waals surface area contributed by atoms with E-state index in [9.17, 15) is 10.1 Å². The summed E-state index contributed by atoms with van der Waals surface area (Å²) in [6.45, 7) is 6.36. The third-order valence-corrected chi connectivity index (χ3v) is 5.05. The minimum absolute atomic E-state index is 0.186. The number of phenols is 1. The molecule has 29 heavy (non-hydrogen) atoms. The maximum Gasteiger partial charge on any atom is 0.458 e. The van der Waals surface area contributed by atoms with Gasteiger partial charge in [-0.2, -0.15) is 0 Å². The summed E-state index contributed by atoms with van der Waals surface area (Å²) in [5, 5.41) is 19.8. The molecular weight excluding hydrogens is 361 g/mol. The molecule has 0 saturated carbocycles. The summed E-state index contributed by atoms with van der Waals surface area (Å²) in [4.78, 5) is 4.51. The summed E-state index contributed by atoms with van der Waals surface area (Å²) in [5.41, 5.74) is 5.06. The number of aromatic nitrogens is 1. The summed E-state index contributed by atoms with van der Waals surface area (Å²) in [6, 6.07) is 13.0. The summed E-state index contributed by atoms with van der Waals surface area (Å²) in [7, 11) is -0.772. The zero-order chi connectivity index (χ0) is 20.6. The highest BCUT2D eigenvalue weighted by atomic mass is 16.5. The molecule has 0 aliphatic carbocycles. The van der Waals surface area contributed by atoms with Crippen LogP contribution in [0.15, 0.2) is 72.5 Å². The minimum atomic E-state index is -0.772. The molecule has 0 bridgehead atoms. The van der Waals surface area contributed by atoms with Crippen LogP contribution in [-0.2, 0) is 4.65 Å². The normalized spacial score (nSPS) is 17.2. The van der Waals surface area contributed by atoms with Gasteiger partial charge >= 0.3 is 7.12 Å². The third kappa shape index (κ3) is 5.92. The third-order valence-electron chi connectivity index (χ3n) is 5.05. The first-order chi connectivity index (χ1) is 14.1. The molecule has 2 heterocycles. The Labute approximate surface area is 173 Å². The quantitative estimate of drug-likeness (QED) is 0.604. The number of rotatable bonds is 8. The van der Waals surface area contributed by atoms with E-state index in [2.05, 4.69) is 24.6 Å². The largest absolute Gasteiger partial charge is 0.508 e. The van der Waals surface area contributed by atoms with Crippen molar-refractivity contribution in [2.75, 3.05) is 0 Å². The molecule has 150 valence electrons. The van der Waals surface area contributed by atoms with Gasteiger partial charge in [0.2, 0.25) is 0 Å². The molecule has 0 saturated heterocycles. The first-order valence-electron chi connectivity index (χ1n) is 10.2. The molecule has 2 aromatic rings. The highest BCUT2D eigenvalue weighted by Gasteiger charge is 2.28. The number of phenolic OH excluding ortho intramolecular Hbond substituents is 1. The van der Waals surface area contributed by atoms with Gasteiger partial charge in [-0.1, -0.05) is 44.2 Å². The van der Waals surface area contributed by atoms with Crippen molar-refractivity contribution in [1.29, 1.82) is 0 Å². The van der Waals surface area contributed by atoms with Crippen LogP contribution in [0.25, 0.3) is 11.6 Å². The van der Waals surface area contributed by atoms with Crippen molar-refractivity contribution in [2.24, 2.45) is 0 Å². The first kappa shape index (κ1) is 21.1. The van der Waals surface area contributed by atoms with Gasteiger partial charge in [0.15, 0.2) is 0 Å². The average Bonchev–Trinajstić information content (AvgIpc) is 2.72. The molecule has 1 aromatic carbocycles. The van der Waals surface area contributed by atoms with Crippen LogP contribution < -0.4 is 0 Å². The van der Waals surface area contributed by atoms with Gasteiger partial charge in [0.25, 0.3) is 0 Å². The number of allylic oxidation sites excluding steroid dienone is 2. The maximum absolute atomic E-state index is 10.0. The van der Waals surface area contributed by atoms with Crippen molar-refractivity contribution in [1.82, 2.24) is 4.98 Å². The van der Waals surface area contributed by atoms with Gasteiger partial charge in [-0.05, 0) is 71.9 Å². The lowest BCUT2D eigenvalue weighted by molar-refractivity contribution is 0.184. The van der Waals surface area contributed by atoms with Gasteiger partial charge in [0.1, 0.15) is 5.75 Å². The molecule has 3 rings (SSSR count). The standard InChI is InChI=1S/C24H28BNO3/c1-3-7-18(2)22-13-14-25(28)29-24(22)12-11-20(23-10-4-5-15-26-23)16-19-8-6-9-21(27)17-19/h4-6,8-10,13,15-17,24,27-28H,2-3,7,11-12,14H2,1H3/b20-16-. The lowest BCUT2D eigenvalue weighted by Crippen LogP contribution is -2.31. The molecule has 0 radical (unpaired) electrons. The fourth-order valence-electron chi connectivity index (χ4n) is 3.65. The Hall–Kier alpha value is -2.63. The molecule has 0 fully saturated rings. The second kappa shape index (κ2) is 10.2. The number of pyridine rings is 1. The van der Waals surface area contributed by atoms with Crippen molar-refractivity contribution >= 4 is 18.8 Å². The zero-order valence-corrected chi connectivity index (χ0v) is 16.9. The monoisotopic (exact) mass is 389 g/mol. The molecule has 1 aliphatic heterocycles. The molecule has 1 aromatic heterocycles. The van der Waals surface area contributed by atoms with E-state index in [1.165, 1.54) is 0 Å². The van der Waals surface area contributed by atoms with Crippen LogP contribution in [0.4, 0.5) is 0 Å². The lowest BCUT2D eigenvalue weighted by atomic mass is 9.77. The minimum Gasteiger partial charge on any atom is -0.508 e. The fourth-order valence-corrected chi connectivity index (χ4v) is 3.65. The van der Waals surface area contributed by atoms with Gasteiger partial charge in [-0.3, -0.25) is 4.98 Å². The second-order valence-corrected chi connectivity index (χ2v) is 7.35. The average molecular weight is 389 g/mol. The number of hydrogen-bond donors (Lipinski definition) is 2. The smallest absolute Gasteiger partial charge is 0.458 e. The molecule has 0 amide bonds. The molecule has 1 aliphatic rings. The van der Waals surface area contributed by atoms with Gasteiger partial charge in [0, 0.05) is 12.5 Å². The Morgan fingerprint density at radius 2 is 2.14 bits per heavy atom. The van der Waals surface area contributed by atoms with Gasteiger partial charge in [-0.25, -0.2) is 0 Å². The molecule has 0 spiro atoms. The van der Waals surface area contributed by atoms with E-state index in [0.29, 0.717) is 12.7 Å². The molecule has 5 heteroatoms. The van der Waals surface area contributed by atoms with Crippen LogP contribution in [0.1, 0.15) is 43.9 Å². The first-order valence-corrected chi connectivity index (χ1v) is 10.2. The van der Waals surface area contributed by atoms with Gasteiger partial charge in [-0.15, -0.1) is 0 Å². The van der Waals surface area contributed by atoms with E-state index in [-0.39, 0.29) is 11.9 Å². The van der Waals surface area contributed by atoms with Crippen molar-refractivity contribution in [3.8, 4) is 5.75 Å². The second-order valence-electron chi connectivity index (χ2n) is 7.35. The predicted molar refractivity (Wildman–Crippen MR) is 119 cm³/mol. The number of benzene rings is 1.